The van der Waals surface area contributed by atoms with Gasteiger partial charge >= 0.3 is 0 Å². The molecule has 2 fully saturated rings. The van der Waals surface area contributed by atoms with E-state index >= 15 is 0 Å². The monoisotopic (exact) mass is 265 g/mol. The maximum atomic E-state index is 12.8. The summed E-state index contributed by atoms with van der Waals surface area (Å²) in [5, 5.41) is 0. The van der Waals surface area contributed by atoms with Crippen molar-refractivity contribution in [3.05, 3.63) is 29.8 Å². The van der Waals surface area contributed by atoms with Crippen LogP contribution in [0.15, 0.2) is 18.3 Å². The zero-order valence-corrected chi connectivity index (χ0v) is 10.6. The average Bonchev–Trinajstić information content (AvgIpc) is 2.87. The van der Waals surface area contributed by atoms with Gasteiger partial charge in [0.1, 0.15) is 11.5 Å². The predicted octanol–water partition coefficient (Wildman–Crippen LogP) is 1.99. The molecule has 19 heavy (non-hydrogen) atoms. The zero-order valence-electron chi connectivity index (χ0n) is 10.6. The van der Waals surface area contributed by atoms with Crippen molar-refractivity contribution in [3.8, 4) is 0 Å². The van der Waals surface area contributed by atoms with Gasteiger partial charge < -0.3 is 9.47 Å². The number of nitrogens with zero attached hydrogens (tertiary/aromatic N) is 1. The van der Waals surface area contributed by atoms with Gasteiger partial charge in [0.25, 0.3) is 0 Å². The van der Waals surface area contributed by atoms with E-state index in [0.717, 1.165) is 12.6 Å². The van der Waals surface area contributed by atoms with Crippen molar-refractivity contribution < 1.29 is 18.7 Å². The van der Waals surface area contributed by atoms with Gasteiger partial charge in [-0.2, -0.15) is 0 Å². The van der Waals surface area contributed by atoms with E-state index in [1.54, 1.807) is 0 Å². The standard InChI is InChI=1S/C14H16FNO3/c15-11-1-2-12(16-8-11)13(17)10-3-5-19-14(7-10)4-6-18-9-14/h1-2,8,10H,3-7,9H2. The number of pyridine rings is 1. The second kappa shape index (κ2) is 4.98. The van der Waals surface area contributed by atoms with Gasteiger partial charge in [0.2, 0.25) is 0 Å². The molecule has 1 aromatic rings. The molecule has 0 radical (unpaired) electrons. The lowest BCUT2D eigenvalue weighted by atomic mass is 9.82. The first kappa shape index (κ1) is 12.7. The Morgan fingerprint density at radius 3 is 3.00 bits per heavy atom. The fraction of sp³-hybridized carbons (Fsp3) is 0.571. The molecular formula is C14H16FNO3. The lowest BCUT2D eigenvalue weighted by Gasteiger charge is -2.36. The molecular weight excluding hydrogens is 249 g/mol. The van der Waals surface area contributed by atoms with Crippen molar-refractivity contribution >= 4 is 5.78 Å². The minimum absolute atomic E-state index is 0.0189. The fourth-order valence-electron chi connectivity index (χ4n) is 2.85. The second-order valence-electron chi connectivity index (χ2n) is 5.25. The summed E-state index contributed by atoms with van der Waals surface area (Å²) >= 11 is 0. The number of Topliss-reactive ketones (excluding diaryl/α,β-unsaturated/α-hetero) is 1. The molecule has 0 aliphatic carbocycles. The average molecular weight is 265 g/mol. The van der Waals surface area contributed by atoms with E-state index in [1.165, 1.54) is 12.1 Å². The van der Waals surface area contributed by atoms with Crippen LogP contribution in [0.3, 0.4) is 0 Å². The largest absolute Gasteiger partial charge is 0.378 e. The first-order valence-corrected chi connectivity index (χ1v) is 6.56. The van der Waals surface area contributed by atoms with Crippen molar-refractivity contribution in [1.82, 2.24) is 4.98 Å². The molecule has 2 aliphatic rings. The first-order valence-electron chi connectivity index (χ1n) is 6.56. The van der Waals surface area contributed by atoms with Gasteiger partial charge in [-0.25, -0.2) is 4.39 Å². The topological polar surface area (TPSA) is 48.4 Å². The summed E-state index contributed by atoms with van der Waals surface area (Å²) < 4.78 is 24.0. The third-order valence-corrected chi connectivity index (χ3v) is 3.91. The highest BCUT2D eigenvalue weighted by molar-refractivity contribution is 5.96. The summed E-state index contributed by atoms with van der Waals surface area (Å²) in [6.07, 6.45) is 3.29. The quantitative estimate of drug-likeness (QED) is 0.767. The van der Waals surface area contributed by atoms with Gasteiger partial charge in [0.15, 0.2) is 5.78 Å². The Labute approximate surface area is 110 Å². The number of hydrogen-bond donors (Lipinski definition) is 0. The van der Waals surface area contributed by atoms with E-state index in [2.05, 4.69) is 4.98 Å². The second-order valence-corrected chi connectivity index (χ2v) is 5.25. The highest BCUT2D eigenvalue weighted by Crippen LogP contribution is 2.36. The molecule has 1 spiro atoms. The number of rotatable bonds is 2. The maximum Gasteiger partial charge on any atom is 0.184 e. The Bertz CT molecular complexity index is 468. The van der Waals surface area contributed by atoms with Gasteiger partial charge in [0.05, 0.1) is 18.4 Å². The fourth-order valence-corrected chi connectivity index (χ4v) is 2.85. The van der Waals surface area contributed by atoms with Crippen molar-refractivity contribution in [2.45, 2.75) is 24.9 Å². The van der Waals surface area contributed by atoms with E-state index < -0.39 is 5.82 Å². The third kappa shape index (κ3) is 2.53. The lowest BCUT2D eigenvalue weighted by molar-refractivity contribution is -0.0921. The lowest BCUT2D eigenvalue weighted by Crippen LogP contribution is -2.42. The van der Waals surface area contributed by atoms with E-state index in [4.69, 9.17) is 9.47 Å². The minimum atomic E-state index is -0.427. The van der Waals surface area contributed by atoms with Crippen LogP contribution < -0.4 is 0 Å². The third-order valence-electron chi connectivity index (χ3n) is 3.91. The number of hydrogen-bond acceptors (Lipinski definition) is 4. The van der Waals surface area contributed by atoms with Crippen LogP contribution >= 0.6 is 0 Å². The SMILES string of the molecule is O=C(c1ccc(F)cn1)C1CCOC2(CCOC2)C1. The van der Waals surface area contributed by atoms with E-state index in [9.17, 15) is 9.18 Å². The van der Waals surface area contributed by atoms with E-state index in [-0.39, 0.29) is 17.3 Å². The normalized spacial score (nSPS) is 30.7. The van der Waals surface area contributed by atoms with Crippen molar-refractivity contribution in [3.63, 3.8) is 0 Å². The van der Waals surface area contributed by atoms with Crippen molar-refractivity contribution in [2.75, 3.05) is 19.8 Å². The summed E-state index contributed by atoms with van der Waals surface area (Å²) in [5.74, 6) is -0.549. The number of halogens is 1. The highest BCUT2D eigenvalue weighted by atomic mass is 19.1. The molecule has 102 valence electrons. The molecule has 2 aliphatic heterocycles. The summed E-state index contributed by atoms with van der Waals surface area (Å²) in [6, 6.07) is 2.72. The highest BCUT2D eigenvalue weighted by Gasteiger charge is 2.43. The van der Waals surface area contributed by atoms with E-state index in [1.807, 2.05) is 0 Å². The molecule has 3 rings (SSSR count). The molecule has 5 heteroatoms. The van der Waals surface area contributed by atoms with Gasteiger partial charge in [-0.1, -0.05) is 0 Å². The van der Waals surface area contributed by atoms with Crippen LogP contribution in [0.4, 0.5) is 4.39 Å². The Hall–Kier alpha value is -1.33. The Kier molecular flexibility index (Phi) is 3.33. The van der Waals surface area contributed by atoms with Crippen LogP contribution in [0.25, 0.3) is 0 Å². The van der Waals surface area contributed by atoms with Crippen LogP contribution in [-0.4, -0.2) is 36.2 Å². The number of carbonyl (C=O) groups excluding carboxylic acids is 1. The summed E-state index contributed by atoms with van der Waals surface area (Å²) in [6.45, 7) is 1.82. The van der Waals surface area contributed by atoms with Gasteiger partial charge in [-0.05, 0) is 25.0 Å². The van der Waals surface area contributed by atoms with Gasteiger partial charge in [0, 0.05) is 25.6 Å². The molecule has 3 heterocycles. The van der Waals surface area contributed by atoms with Gasteiger partial charge in [-0.3, -0.25) is 9.78 Å². The number of aromatic nitrogens is 1. The smallest absolute Gasteiger partial charge is 0.184 e. The molecule has 0 bridgehead atoms. The zero-order chi connectivity index (χ0) is 13.3. The Morgan fingerprint density at radius 1 is 1.42 bits per heavy atom. The molecule has 4 nitrogen and oxygen atoms in total. The number of carbonyl (C=O) groups is 1. The predicted molar refractivity (Wildman–Crippen MR) is 65.4 cm³/mol. The van der Waals surface area contributed by atoms with Crippen molar-refractivity contribution in [1.29, 1.82) is 0 Å². The summed E-state index contributed by atoms with van der Waals surface area (Å²) in [7, 11) is 0. The summed E-state index contributed by atoms with van der Waals surface area (Å²) in [5.41, 5.74) is 0.0425. The first-order chi connectivity index (χ1) is 9.19. The van der Waals surface area contributed by atoms with E-state index in [0.29, 0.717) is 38.4 Å². The number of ketones is 1. The summed E-state index contributed by atoms with van der Waals surface area (Å²) in [4.78, 5) is 16.2. The molecule has 0 saturated carbocycles. The molecule has 2 atom stereocenters. The Morgan fingerprint density at radius 2 is 2.32 bits per heavy atom. The van der Waals surface area contributed by atoms with Crippen LogP contribution in [0.1, 0.15) is 29.8 Å². The maximum absolute atomic E-state index is 12.8. The van der Waals surface area contributed by atoms with Crippen LogP contribution in [0.5, 0.6) is 0 Å². The van der Waals surface area contributed by atoms with Gasteiger partial charge in [-0.15, -0.1) is 0 Å². The minimum Gasteiger partial charge on any atom is -0.378 e. The molecule has 2 saturated heterocycles. The van der Waals surface area contributed by atoms with Crippen LogP contribution in [0.2, 0.25) is 0 Å². The van der Waals surface area contributed by atoms with Crippen LogP contribution in [-0.2, 0) is 9.47 Å². The number of ether oxygens (including phenoxy) is 2. The molecule has 1 aromatic heterocycles. The molecule has 0 N–H and O–H groups in total. The van der Waals surface area contributed by atoms with Crippen molar-refractivity contribution in [2.24, 2.45) is 5.92 Å². The molecule has 0 aromatic carbocycles. The van der Waals surface area contributed by atoms with Crippen LogP contribution in [0, 0.1) is 11.7 Å². The molecule has 2 unspecified atom stereocenters. The Balaban J connectivity index is 1.74. The molecule has 0 amide bonds.